The number of hydrogen-bond acceptors (Lipinski definition) is 5. The van der Waals surface area contributed by atoms with Crippen LogP contribution < -0.4 is 10.5 Å². The maximum Gasteiger partial charge on any atom is 0.253 e. The third kappa shape index (κ3) is 2.24. The summed E-state index contributed by atoms with van der Waals surface area (Å²) in [4.78, 5) is 11.6. The molecule has 0 unspecified atom stereocenters. The quantitative estimate of drug-likeness (QED) is 0.788. The molecule has 88 valence electrons. The lowest BCUT2D eigenvalue weighted by molar-refractivity contribution is 0.0953. The lowest BCUT2D eigenvalue weighted by Crippen LogP contribution is -2.26. The number of carbonyl (C=O) groups excluding carboxylic acids is 1. The molecule has 1 aliphatic rings. The fraction of sp³-hybridized carbons (Fsp3) is 0.375. The van der Waals surface area contributed by atoms with Crippen molar-refractivity contribution in [2.75, 3.05) is 6.54 Å². The molecule has 5 nitrogen and oxygen atoms in total. The van der Waals surface area contributed by atoms with Crippen LogP contribution in [0.5, 0.6) is 0 Å². The molecule has 0 saturated heterocycles. The molecule has 0 aromatic carbocycles. The number of thiophene rings is 1. The van der Waals surface area contributed by atoms with Gasteiger partial charge >= 0.3 is 0 Å². The summed E-state index contributed by atoms with van der Waals surface area (Å²) >= 11 is 2.54. The Bertz CT molecular complexity index is 535. The number of nitrogens with one attached hydrogen (secondary N) is 1. The summed E-state index contributed by atoms with van der Waals surface area (Å²) in [5.41, 5.74) is 0.406. The molecule has 8 heteroatoms. The molecule has 0 fully saturated rings. The molecule has 0 radical (unpaired) electrons. The van der Waals surface area contributed by atoms with E-state index in [4.69, 9.17) is 5.14 Å². The molecule has 1 atom stereocenters. The van der Waals surface area contributed by atoms with Gasteiger partial charge in [0, 0.05) is 11.8 Å². The van der Waals surface area contributed by atoms with Gasteiger partial charge in [0.05, 0.1) is 9.77 Å². The van der Waals surface area contributed by atoms with Crippen molar-refractivity contribution < 1.29 is 13.2 Å². The van der Waals surface area contributed by atoms with Gasteiger partial charge in [-0.05, 0) is 6.07 Å². The summed E-state index contributed by atoms with van der Waals surface area (Å²) in [6, 6.07) is 1.34. The maximum absolute atomic E-state index is 11.6. The molecule has 1 aromatic rings. The predicted molar refractivity (Wildman–Crippen MR) is 63.3 cm³/mol. The first-order chi connectivity index (χ1) is 7.38. The number of primary sulfonamides is 1. The third-order valence-electron chi connectivity index (χ3n) is 2.06. The first-order valence-corrected chi connectivity index (χ1v) is 7.73. The van der Waals surface area contributed by atoms with Crippen LogP contribution in [0.25, 0.3) is 0 Å². The van der Waals surface area contributed by atoms with E-state index in [0.717, 1.165) is 11.3 Å². The molecular weight excluding hydrogens is 268 g/mol. The molecule has 1 aliphatic heterocycles. The Labute approximate surface area is 101 Å². The zero-order valence-electron chi connectivity index (χ0n) is 8.39. The molecule has 16 heavy (non-hydrogen) atoms. The van der Waals surface area contributed by atoms with Gasteiger partial charge in [-0.1, -0.05) is 6.92 Å². The lowest BCUT2D eigenvalue weighted by atomic mass is 10.3. The van der Waals surface area contributed by atoms with Crippen LogP contribution in [0.15, 0.2) is 14.5 Å². The van der Waals surface area contributed by atoms with Gasteiger partial charge in [-0.3, -0.25) is 4.79 Å². The highest BCUT2D eigenvalue weighted by atomic mass is 32.3. The highest BCUT2D eigenvalue weighted by molar-refractivity contribution is 8.02. The average Bonchev–Trinajstić information content (AvgIpc) is 2.52. The number of carbonyl (C=O) groups is 1. The Balaban J connectivity index is 2.51. The van der Waals surface area contributed by atoms with Crippen molar-refractivity contribution in [3.05, 3.63) is 11.6 Å². The van der Waals surface area contributed by atoms with E-state index >= 15 is 0 Å². The SMILES string of the molecule is C[C@H]1CNC(=O)c2cc(S(N)(=O)=O)sc2S1. The van der Waals surface area contributed by atoms with Crippen molar-refractivity contribution in [1.29, 1.82) is 0 Å². The minimum Gasteiger partial charge on any atom is -0.351 e. The van der Waals surface area contributed by atoms with E-state index in [0.29, 0.717) is 16.3 Å². The smallest absolute Gasteiger partial charge is 0.253 e. The van der Waals surface area contributed by atoms with Crippen molar-refractivity contribution in [3.8, 4) is 0 Å². The van der Waals surface area contributed by atoms with Gasteiger partial charge in [0.1, 0.15) is 4.21 Å². The van der Waals surface area contributed by atoms with E-state index in [1.165, 1.54) is 17.8 Å². The van der Waals surface area contributed by atoms with Crippen molar-refractivity contribution in [1.82, 2.24) is 5.32 Å². The molecule has 2 rings (SSSR count). The number of amides is 1. The van der Waals surface area contributed by atoms with Crippen LogP contribution in [0.1, 0.15) is 17.3 Å². The highest BCUT2D eigenvalue weighted by Gasteiger charge is 2.25. The van der Waals surface area contributed by atoms with E-state index in [1.807, 2.05) is 6.92 Å². The van der Waals surface area contributed by atoms with Gasteiger partial charge in [0.25, 0.3) is 5.91 Å². The number of sulfonamides is 1. The summed E-state index contributed by atoms with van der Waals surface area (Å²) in [5.74, 6) is -0.238. The average molecular weight is 278 g/mol. The first kappa shape index (κ1) is 11.9. The summed E-state index contributed by atoms with van der Waals surface area (Å²) in [6.45, 7) is 2.55. The second-order valence-electron chi connectivity index (χ2n) is 3.45. The monoisotopic (exact) mass is 278 g/mol. The molecule has 0 bridgehead atoms. The van der Waals surface area contributed by atoms with Crippen molar-refractivity contribution in [2.45, 2.75) is 20.6 Å². The summed E-state index contributed by atoms with van der Waals surface area (Å²) in [6.07, 6.45) is 0. The van der Waals surface area contributed by atoms with Gasteiger partial charge < -0.3 is 5.32 Å². The fourth-order valence-corrected chi connectivity index (χ4v) is 4.84. The van der Waals surface area contributed by atoms with Gasteiger partial charge in [0.2, 0.25) is 10.0 Å². The standard InChI is InChI=1S/C8H10N2O3S3/c1-4-3-10-7(11)5-2-6(16(9,12)13)15-8(5)14-4/h2,4H,3H2,1H3,(H,10,11)(H2,9,12,13)/t4-/m0/s1. The number of hydrogen-bond donors (Lipinski definition) is 2. The van der Waals surface area contributed by atoms with Crippen molar-refractivity contribution in [2.24, 2.45) is 5.14 Å². The molecule has 2 heterocycles. The van der Waals surface area contributed by atoms with E-state index in [2.05, 4.69) is 5.32 Å². The number of nitrogens with two attached hydrogens (primary N) is 1. The summed E-state index contributed by atoms with van der Waals surface area (Å²) < 4.78 is 23.1. The Morgan fingerprint density at radius 2 is 2.25 bits per heavy atom. The molecule has 3 N–H and O–H groups in total. The molecule has 0 spiro atoms. The van der Waals surface area contributed by atoms with Crippen LogP contribution in [0, 0.1) is 0 Å². The topological polar surface area (TPSA) is 89.3 Å². The van der Waals surface area contributed by atoms with E-state index in [1.54, 1.807) is 0 Å². The normalized spacial score (nSPS) is 21.1. The molecular formula is C8H10N2O3S3. The van der Waals surface area contributed by atoms with Crippen LogP contribution in [0.2, 0.25) is 0 Å². The Hall–Kier alpha value is -0.570. The Morgan fingerprint density at radius 3 is 2.88 bits per heavy atom. The van der Waals surface area contributed by atoms with Gasteiger partial charge in [0.15, 0.2) is 0 Å². The first-order valence-electron chi connectivity index (χ1n) is 4.49. The predicted octanol–water partition coefficient (Wildman–Crippen LogP) is 0.620. The molecule has 0 saturated carbocycles. The Kier molecular flexibility index (Phi) is 2.99. The maximum atomic E-state index is 11.6. The minimum atomic E-state index is -3.72. The summed E-state index contributed by atoms with van der Waals surface area (Å²) in [7, 11) is -3.72. The second-order valence-corrected chi connectivity index (χ2v) is 8.00. The van der Waals surface area contributed by atoms with Crippen molar-refractivity contribution in [3.63, 3.8) is 0 Å². The van der Waals surface area contributed by atoms with Crippen LogP contribution in [-0.2, 0) is 10.0 Å². The van der Waals surface area contributed by atoms with Crippen LogP contribution in [-0.4, -0.2) is 26.1 Å². The minimum absolute atomic E-state index is 0.0363. The van der Waals surface area contributed by atoms with E-state index in [-0.39, 0.29) is 15.4 Å². The van der Waals surface area contributed by atoms with Crippen LogP contribution in [0.3, 0.4) is 0 Å². The van der Waals surface area contributed by atoms with Gasteiger partial charge in [-0.2, -0.15) is 0 Å². The second kappa shape index (κ2) is 4.02. The molecule has 1 amide bonds. The number of rotatable bonds is 1. The number of fused-ring (bicyclic) bond motifs is 1. The largest absolute Gasteiger partial charge is 0.351 e. The molecule has 0 aliphatic carbocycles. The Morgan fingerprint density at radius 1 is 1.56 bits per heavy atom. The zero-order valence-corrected chi connectivity index (χ0v) is 10.8. The van der Waals surface area contributed by atoms with Crippen LogP contribution in [0.4, 0.5) is 0 Å². The zero-order chi connectivity index (χ0) is 11.9. The summed E-state index contributed by atoms with van der Waals surface area (Å²) in [5, 5.41) is 7.98. The van der Waals surface area contributed by atoms with E-state index in [9.17, 15) is 13.2 Å². The fourth-order valence-electron chi connectivity index (χ4n) is 1.29. The van der Waals surface area contributed by atoms with E-state index < -0.39 is 10.0 Å². The van der Waals surface area contributed by atoms with Crippen LogP contribution >= 0.6 is 23.1 Å². The third-order valence-corrected chi connectivity index (χ3v) is 5.95. The number of thioether (sulfide) groups is 1. The highest BCUT2D eigenvalue weighted by Crippen LogP contribution is 2.37. The van der Waals surface area contributed by atoms with Gasteiger partial charge in [-0.15, -0.1) is 23.1 Å². The van der Waals surface area contributed by atoms with Crippen molar-refractivity contribution >= 4 is 39.0 Å². The van der Waals surface area contributed by atoms with Gasteiger partial charge in [-0.25, -0.2) is 13.6 Å². The molecule has 1 aromatic heterocycles. The lowest BCUT2D eigenvalue weighted by Gasteiger charge is -2.04.